The van der Waals surface area contributed by atoms with Crippen molar-refractivity contribution in [2.24, 2.45) is 4.99 Å². The van der Waals surface area contributed by atoms with Gasteiger partial charge in [-0.1, -0.05) is 54.1 Å². The SMILES string of the molecule is CCc1ccc(CC(=O)N=c2sc3cc(Cl)ccc3n2CCSC)cc1. The molecule has 0 atom stereocenters. The van der Waals surface area contributed by atoms with Gasteiger partial charge in [-0.3, -0.25) is 4.79 Å². The van der Waals surface area contributed by atoms with Crippen LogP contribution >= 0.6 is 34.7 Å². The van der Waals surface area contributed by atoms with E-state index >= 15 is 0 Å². The van der Waals surface area contributed by atoms with Gasteiger partial charge in [0.1, 0.15) is 0 Å². The molecular weight excluding hydrogens is 384 g/mol. The van der Waals surface area contributed by atoms with E-state index in [0.717, 1.165) is 39.3 Å². The lowest BCUT2D eigenvalue weighted by Crippen LogP contribution is -2.18. The van der Waals surface area contributed by atoms with E-state index in [1.54, 1.807) is 11.8 Å². The Morgan fingerprint density at radius 2 is 1.92 bits per heavy atom. The van der Waals surface area contributed by atoms with Gasteiger partial charge in [-0.2, -0.15) is 16.8 Å². The molecule has 0 bridgehead atoms. The maximum Gasteiger partial charge on any atom is 0.252 e. The van der Waals surface area contributed by atoms with Gasteiger partial charge >= 0.3 is 0 Å². The van der Waals surface area contributed by atoms with Crippen LogP contribution in [0.15, 0.2) is 47.5 Å². The summed E-state index contributed by atoms with van der Waals surface area (Å²) in [5.74, 6) is 0.846. The Morgan fingerprint density at radius 3 is 2.62 bits per heavy atom. The van der Waals surface area contributed by atoms with Crippen LogP contribution in [-0.2, 0) is 24.2 Å². The van der Waals surface area contributed by atoms with E-state index in [1.165, 1.54) is 16.9 Å². The molecule has 1 heterocycles. The number of aryl methyl sites for hydroxylation is 2. The highest BCUT2D eigenvalue weighted by Crippen LogP contribution is 2.22. The molecule has 0 unspecified atom stereocenters. The summed E-state index contributed by atoms with van der Waals surface area (Å²) in [7, 11) is 0. The van der Waals surface area contributed by atoms with E-state index in [2.05, 4.69) is 34.9 Å². The first-order chi connectivity index (χ1) is 12.6. The average molecular weight is 405 g/mol. The number of rotatable bonds is 6. The highest BCUT2D eigenvalue weighted by molar-refractivity contribution is 7.98. The van der Waals surface area contributed by atoms with E-state index in [-0.39, 0.29) is 5.91 Å². The second kappa shape index (κ2) is 8.89. The van der Waals surface area contributed by atoms with Gasteiger partial charge in [-0.05, 0) is 42.0 Å². The molecule has 136 valence electrons. The lowest BCUT2D eigenvalue weighted by molar-refractivity contribution is -0.117. The summed E-state index contributed by atoms with van der Waals surface area (Å²) in [6.45, 7) is 2.94. The van der Waals surface area contributed by atoms with Crippen LogP contribution in [0.5, 0.6) is 0 Å². The molecule has 0 aliphatic carbocycles. The van der Waals surface area contributed by atoms with Gasteiger partial charge in [0.25, 0.3) is 5.91 Å². The summed E-state index contributed by atoms with van der Waals surface area (Å²) in [5, 5.41) is 0.699. The van der Waals surface area contributed by atoms with Crippen LogP contribution in [0.2, 0.25) is 5.02 Å². The molecule has 0 saturated carbocycles. The molecule has 3 nitrogen and oxygen atoms in total. The van der Waals surface area contributed by atoms with Crippen molar-refractivity contribution in [1.82, 2.24) is 4.57 Å². The first-order valence-corrected chi connectivity index (χ1v) is 11.1. The normalized spacial score (nSPS) is 12.0. The van der Waals surface area contributed by atoms with Gasteiger partial charge in [-0.15, -0.1) is 0 Å². The molecule has 0 spiro atoms. The van der Waals surface area contributed by atoms with Crippen LogP contribution in [0, 0.1) is 0 Å². The molecule has 0 aliphatic rings. The first kappa shape index (κ1) is 19.2. The van der Waals surface area contributed by atoms with E-state index in [0.29, 0.717) is 11.4 Å². The Kier molecular flexibility index (Phi) is 6.57. The second-order valence-electron chi connectivity index (χ2n) is 5.99. The molecule has 0 saturated heterocycles. The van der Waals surface area contributed by atoms with Crippen molar-refractivity contribution >= 4 is 50.8 Å². The van der Waals surface area contributed by atoms with Gasteiger partial charge < -0.3 is 4.57 Å². The van der Waals surface area contributed by atoms with Crippen molar-refractivity contribution in [3.8, 4) is 0 Å². The molecule has 26 heavy (non-hydrogen) atoms. The van der Waals surface area contributed by atoms with Gasteiger partial charge in [0, 0.05) is 17.3 Å². The van der Waals surface area contributed by atoms with E-state index in [9.17, 15) is 4.79 Å². The molecule has 1 aromatic heterocycles. The number of fused-ring (bicyclic) bond motifs is 1. The highest BCUT2D eigenvalue weighted by atomic mass is 35.5. The number of amides is 1. The largest absolute Gasteiger partial charge is 0.316 e. The number of hydrogen-bond acceptors (Lipinski definition) is 3. The van der Waals surface area contributed by atoms with Crippen LogP contribution < -0.4 is 4.80 Å². The molecule has 0 aliphatic heterocycles. The van der Waals surface area contributed by atoms with E-state index in [4.69, 9.17) is 11.6 Å². The minimum absolute atomic E-state index is 0.121. The maximum atomic E-state index is 12.5. The number of hydrogen-bond donors (Lipinski definition) is 0. The van der Waals surface area contributed by atoms with Crippen LogP contribution in [0.1, 0.15) is 18.1 Å². The van der Waals surface area contributed by atoms with Crippen molar-refractivity contribution in [2.75, 3.05) is 12.0 Å². The quantitative estimate of drug-likeness (QED) is 0.582. The lowest BCUT2D eigenvalue weighted by atomic mass is 10.1. The first-order valence-electron chi connectivity index (χ1n) is 8.54. The Balaban J connectivity index is 1.92. The Bertz CT molecular complexity index is 974. The Hall–Kier alpha value is -1.56. The van der Waals surface area contributed by atoms with Gasteiger partial charge in [0.05, 0.1) is 16.6 Å². The molecule has 3 aromatic rings. The lowest BCUT2D eigenvalue weighted by Gasteiger charge is -2.04. The van der Waals surface area contributed by atoms with Gasteiger partial charge in [0.2, 0.25) is 0 Å². The van der Waals surface area contributed by atoms with Crippen LogP contribution in [0.25, 0.3) is 10.2 Å². The van der Waals surface area contributed by atoms with Crippen molar-refractivity contribution in [3.63, 3.8) is 0 Å². The summed E-state index contributed by atoms with van der Waals surface area (Å²) >= 11 is 9.41. The van der Waals surface area contributed by atoms with E-state index in [1.807, 2.05) is 30.3 Å². The third-order valence-corrected chi connectivity index (χ3v) is 6.04. The van der Waals surface area contributed by atoms with Gasteiger partial charge in [0.15, 0.2) is 4.80 Å². The molecule has 6 heteroatoms. The van der Waals surface area contributed by atoms with Crippen LogP contribution in [-0.4, -0.2) is 22.5 Å². The molecule has 3 rings (SSSR count). The molecule has 0 radical (unpaired) electrons. The molecule has 0 N–H and O–H groups in total. The number of carbonyl (C=O) groups is 1. The number of halogens is 1. The molecular formula is C20H21ClN2OS2. The van der Waals surface area contributed by atoms with Crippen molar-refractivity contribution in [1.29, 1.82) is 0 Å². The maximum absolute atomic E-state index is 12.5. The topological polar surface area (TPSA) is 34.4 Å². The molecule has 1 amide bonds. The fraction of sp³-hybridized carbons (Fsp3) is 0.300. The fourth-order valence-electron chi connectivity index (χ4n) is 2.74. The zero-order chi connectivity index (χ0) is 18.5. The zero-order valence-electron chi connectivity index (χ0n) is 14.9. The summed E-state index contributed by atoms with van der Waals surface area (Å²) in [5.41, 5.74) is 3.34. The summed E-state index contributed by atoms with van der Waals surface area (Å²) in [4.78, 5) is 17.7. The smallest absolute Gasteiger partial charge is 0.252 e. The zero-order valence-corrected chi connectivity index (χ0v) is 17.3. The number of carbonyl (C=O) groups excluding carboxylic acids is 1. The number of benzene rings is 2. The van der Waals surface area contributed by atoms with Crippen molar-refractivity contribution in [2.45, 2.75) is 26.3 Å². The van der Waals surface area contributed by atoms with Crippen molar-refractivity contribution in [3.05, 3.63) is 63.4 Å². The van der Waals surface area contributed by atoms with Crippen LogP contribution in [0.3, 0.4) is 0 Å². The predicted molar refractivity (Wildman–Crippen MR) is 113 cm³/mol. The Labute approximate surface area is 166 Å². The number of thioether (sulfide) groups is 1. The summed E-state index contributed by atoms with van der Waals surface area (Å²) < 4.78 is 3.17. The third kappa shape index (κ3) is 4.58. The Morgan fingerprint density at radius 1 is 1.19 bits per heavy atom. The van der Waals surface area contributed by atoms with E-state index < -0.39 is 0 Å². The standard InChI is InChI=1S/C20H21ClN2OS2/c1-3-14-4-6-15(7-5-14)12-19(24)22-20-23(10-11-25-2)17-9-8-16(21)13-18(17)26-20/h4-9,13H,3,10-12H2,1-2H3. The number of aromatic nitrogens is 1. The summed E-state index contributed by atoms with van der Waals surface area (Å²) in [6.07, 6.45) is 3.40. The second-order valence-corrected chi connectivity index (χ2v) is 8.42. The average Bonchev–Trinajstić information content (AvgIpc) is 2.96. The molecule has 0 fully saturated rings. The monoisotopic (exact) mass is 404 g/mol. The third-order valence-electron chi connectivity index (χ3n) is 4.17. The number of nitrogens with zero attached hydrogens (tertiary/aromatic N) is 2. The highest BCUT2D eigenvalue weighted by Gasteiger charge is 2.09. The van der Waals surface area contributed by atoms with Crippen LogP contribution in [0.4, 0.5) is 0 Å². The predicted octanol–water partition coefficient (Wildman–Crippen LogP) is 4.95. The number of thiazole rings is 1. The fourth-order valence-corrected chi connectivity index (χ4v) is 4.46. The van der Waals surface area contributed by atoms with Crippen molar-refractivity contribution < 1.29 is 4.79 Å². The molecule has 2 aromatic carbocycles. The summed E-state index contributed by atoms with van der Waals surface area (Å²) in [6, 6.07) is 14.0. The van der Waals surface area contributed by atoms with Gasteiger partial charge in [-0.25, -0.2) is 0 Å². The minimum atomic E-state index is -0.121. The minimum Gasteiger partial charge on any atom is -0.316 e.